The van der Waals surface area contributed by atoms with Gasteiger partial charge < -0.3 is 10.0 Å². The fourth-order valence-electron chi connectivity index (χ4n) is 2.59. The van der Waals surface area contributed by atoms with Crippen LogP contribution in [0, 0.1) is 5.41 Å². The van der Waals surface area contributed by atoms with Crippen LogP contribution in [-0.2, 0) is 11.0 Å². The van der Waals surface area contributed by atoms with E-state index in [1.165, 1.54) is 6.07 Å². The van der Waals surface area contributed by atoms with Crippen molar-refractivity contribution < 1.29 is 23.1 Å². The zero-order valence-corrected chi connectivity index (χ0v) is 11.5. The molecule has 1 aromatic rings. The molecule has 0 saturated carbocycles. The van der Waals surface area contributed by atoms with Crippen molar-refractivity contribution in [2.24, 2.45) is 5.41 Å². The molecule has 1 aliphatic rings. The second-order valence-corrected chi connectivity index (χ2v) is 5.24. The highest BCUT2D eigenvalue weighted by Gasteiger charge is 2.41. The topological polar surface area (TPSA) is 66.3 Å². The van der Waals surface area contributed by atoms with E-state index in [4.69, 9.17) is 0 Å². The Morgan fingerprint density at radius 1 is 1.43 bits per heavy atom. The monoisotopic (exact) mass is 303 g/mol. The van der Waals surface area contributed by atoms with E-state index in [-0.39, 0.29) is 12.4 Å². The van der Waals surface area contributed by atoms with Gasteiger partial charge in [-0.2, -0.15) is 13.2 Å². The first-order valence-electron chi connectivity index (χ1n) is 6.68. The van der Waals surface area contributed by atoms with Crippen molar-refractivity contribution in [1.82, 2.24) is 10.2 Å². The van der Waals surface area contributed by atoms with E-state index < -0.39 is 23.3 Å². The molecular weight excluding hydrogens is 287 g/mol. The lowest BCUT2D eigenvalue weighted by Crippen LogP contribution is -2.48. The number of halogens is 3. The number of hydrogen-bond acceptors (Lipinski definition) is 4. The van der Waals surface area contributed by atoms with Gasteiger partial charge in [-0.1, -0.05) is 6.92 Å². The minimum Gasteiger partial charge on any atom is -0.481 e. The largest absolute Gasteiger partial charge is 0.481 e. The van der Waals surface area contributed by atoms with Crippen molar-refractivity contribution >= 4 is 11.8 Å². The average Bonchev–Trinajstić information content (AvgIpc) is 2.46. The van der Waals surface area contributed by atoms with Gasteiger partial charge in [-0.3, -0.25) is 4.79 Å². The Morgan fingerprint density at radius 3 is 2.62 bits per heavy atom. The molecule has 5 nitrogen and oxygen atoms in total. The predicted molar refractivity (Wildman–Crippen MR) is 68.8 cm³/mol. The van der Waals surface area contributed by atoms with Crippen LogP contribution in [0.1, 0.15) is 31.9 Å². The molecule has 8 heteroatoms. The molecule has 1 saturated heterocycles. The summed E-state index contributed by atoms with van der Waals surface area (Å²) in [6.07, 6.45) is -2.85. The lowest BCUT2D eigenvalue weighted by atomic mass is 9.77. The zero-order chi connectivity index (χ0) is 15.7. The lowest BCUT2D eigenvalue weighted by molar-refractivity contribution is -0.149. The molecule has 0 aromatic carbocycles. The summed E-state index contributed by atoms with van der Waals surface area (Å²) in [7, 11) is 0. The highest BCUT2D eigenvalue weighted by atomic mass is 19.4. The summed E-state index contributed by atoms with van der Waals surface area (Å²) in [5.74, 6) is -0.601. The lowest BCUT2D eigenvalue weighted by Gasteiger charge is -2.39. The van der Waals surface area contributed by atoms with Gasteiger partial charge >= 0.3 is 12.1 Å². The molecule has 0 radical (unpaired) electrons. The standard InChI is InChI=1S/C13H16F3N3O2/c1-2-12(11(20)21)6-3-7-19(8-12)10-5-4-9(17-18-10)13(14,15)16/h4-5H,2-3,6-8H2,1H3,(H,20,21). The Kier molecular flexibility index (Phi) is 4.06. The molecule has 0 bridgehead atoms. The number of piperidine rings is 1. The smallest absolute Gasteiger partial charge is 0.435 e. The van der Waals surface area contributed by atoms with Crippen LogP contribution in [0.5, 0.6) is 0 Å². The predicted octanol–water partition coefficient (Wildman–Crippen LogP) is 2.58. The van der Waals surface area contributed by atoms with Crippen LogP contribution in [0.15, 0.2) is 12.1 Å². The van der Waals surface area contributed by atoms with Crippen LogP contribution < -0.4 is 4.90 Å². The number of carboxylic acid groups (broad SMARTS) is 1. The van der Waals surface area contributed by atoms with Gasteiger partial charge in [0.25, 0.3) is 0 Å². The molecule has 116 valence electrons. The van der Waals surface area contributed by atoms with Gasteiger partial charge in [0, 0.05) is 13.1 Å². The molecule has 21 heavy (non-hydrogen) atoms. The number of nitrogens with zero attached hydrogens (tertiary/aromatic N) is 3. The number of carboxylic acids is 1. The van der Waals surface area contributed by atoms with E-state index in [1.54, 1.807) is 11.8 Å². The SMILES string of the molecule is CCC1(C(=O)O)CCCN(c2ccc(C(F)(F)F)nn2)C1. The molecule has 0 amide bonds. The summed E-state index contributed by atoms with van der Waals surface area (Å²) < 4.78 is 37.4. The molecule has 1 N–H and O–H groups in total. The van der Waals surface area contributed by atoms with Crippen LogP contribution in [0.25, 0.3) is 0 Å². The van der Waals surface area contributed by atoms with Gasteiger partial charge in [-0.25, -0.2) is 0 Å². The van der Waals surface area contributed by atoms with Gasteiger partial charge in [0.1, 0.15) is 0 Å². The Morgan fingerprint density at radius 2 is 2.14 bits per heavy atom. The molecule has 2 heterocycles. The molecule has 2 rings (SSSR count). The first-order chi connectivity index (χ1) is 9.78. The Hall–Kier alpha value is -1.86. The van der Waals surface area contributed by atoms with Crippen molar-refractivity contribution in [3.8, 4) is 0 Å². The normalized spacial score (nSPS) is 23.1. The summed E-state index contributed by atoms with van der Waals surface area (Å²) in [5, 5.41) is 16.2. The zero-order valence-electron chi connectivity index (χ0n) is 11.5. The van der Waals surface area contributed by atoms with E-state index in [2.05, 4.69) is 10.2 Å². The maximum Gasteiger partial charge on any atom is 0.435 e. The molecule has 1 aromatic heterocycles. The first kappa shape index (κ1) is 15.5. The summed E-state index contributed by atoms with van der Waals surface area (Å²) in [5.41, 5.74) is -1.92. The number of alkyl halides is 3. The Bertz CT molecular complexity index is 518. The van der Waals surface area contributed by atoms with Crippen LogP contribution in [-0.4, -0.2) is 34.4 Å². The summed E-state index contributed by atoms with van der Waals surface area (Å²) in [6, 6.07) is 2.11. The van der Waals surface area contributed by atoms with Gasteiger partial charge in [0.15, 0.2) is 11.5 Å². The fourth-order valence-corrected chi connectivity index (χ4v) is 2.59. The number of hydrogen-bond donors (Lipinski definition) is 1. The van der Waals surface area contributed by atoms with E-state index in [1.807, 2.05) is 0 Å². The highest BCUT2D eigenvalue weighted by Crippen LogP contribution is 2.35. The highest BCUT2D eigenvalue weighted by molar-refractivity contribution is 5.75. The number of aromatic nitrogens is 2. The van der Waals surface area contributed by atoms with Crippen molar-refractivity contribution in [2.45, 2.75) is 32.4 Å². The number of anilines is 1. The van der Waals surface area contributed by atoms with E-state index in [0.29, 0.717) is 25.8 Å². The molecule has 1 fully saturated rings. The van der Waals surface area contributed by atoms with Crippen LogP contribution >= 0.6 is 0 Å². The minimum atomic E-state index is -4.53. The minimum absolute atomic E-state index is 0.235. The Labute approximate surface area is 119 Å². The Balaban J connectivity index is 2.20. The summed E-state index contributed by atoms with van der Waals surface area (Å²) >= 11 is 0. The molecule has 0 spiro atoms. The van der Waals surface area contributed by atoms with Crippen LogP contribution in [0.2, 0.25) is 0 Å². The van der Waals surface area contributed by atoms with Crippen molar-refractivity contribution in [3.63, 3.8) is 0 Å². The molecule has 1 aliphatic heterocycles. The van der Waals surface area contributed by atoms with Crippen molar-refractivity contribution in [3.05, 3.63) is 17.8 Å². The maximum atomic E-state index is 12.5. The second kappa shape index (κ2) is 5.50. The van der Waals surface area contributed by atoms with Gasteiger partial charge in [0.2, 0.25) is 0 Å². The number of rotatable bonds is 3. The fraction of sp³-hybridized carbons (Fsp3) is 0.615. The van der Waals surface area contributed by atoms with Crippen molar-refractivity contribution in [2.75, 3.05) is 18.0 Å². The summed E-state index contributed by atoms with van der Waals surface area (Å²) in [4.78, 5) is 13.1. The molecule has 1 unspecified atom stereocenters. The third-order valence-electron chi connectivity index (χ3n) is 3.97. The quantitative estimate of drug-likeness (QED) is 0.929. The van der Waals surface area contributed by atoms with Gasteiger partial charge in [-0.05, 0) is 31.4 Å². The first-order valence-corrected chi connectivity index (χ1v) is 6.68. The molecule has 0 aliphatic carbocycles. The average molecular weight is 303 g/mol. The molecule has 1 atom stereocenters. The van der Waals surface area contributed by atoms with E-state index >= 15 is 0 Å². The van der Waals surface area contributed by atoms with Crippen LogP contribution in [0.3, 0.4) is 0 Å². The van der Waals surface area contributed by atoms with E-state index in [9.17, 15) is 23.1 Å². The number of aliphatic carboxylic acids is 1. The second-order valence-electron chi connectivity index (χ2n) is 5.24. The van der Waals surface area contributed by atoms with Crippen LogP contribution in [0.4, 0.5) is 19.0 Å². The number of carbonyl (C=O) groups is 1. The third kappa shape index (κ3) is 3.08. The van der Waals surface area contributed by atoms with Gasteiger partial charge in [0.05, 0.1) is 5.41 Å². The third-order valence-corrected chi connectivity index (χ3v) is 3.97. The van der Waals surface area contributed by atoms with E-state index in [0.717, 1.165) is 6.07 Å². The maximum absolute atomic E-state index is 12.5. The summed E-state index contributed by atoms with van der Waals surface area (Å²) in [6.45, 7) is 2.60. The van der Waals surface area contributed by atoms with Gasteiger partial charge in [-0.15, -0.1) is 10.2 Å². The molecular formula is C13H16F3N3O2. The van der Waals surface area contributed by atoms with Crippen molar-refractivity contribution in [1.29, 1.82) is 0 Å².